The Labute approximate surface area is 68.6 Å². The lowest BCUT2D eigenvalue weighted by Gasteiger charge is -1.83. The van der Waals surface area contributed by atoms with Gasteiger partial charge in [-0.2, -0.15) is 0 Å². The number of hydrogen-bond acceptors (Lipinski definition) is 0. The molecule has 0 heteroatoms. The predicted octanol–water partition coefficient (Wildman–Crippen LogP) is 3.40. The Morgan fingerprint density at radius 3 is 2.18 bits per heavy atom. The van der Waals surface area contributed by atoms with E-state index in [4.69, 9.17) is 0 Å². The lowest BCUT2D eigenvalue weighted by atomic mass is 10.2. The lowest BCUT2D eigenvalue weighted by Crippen LogP contribution is -1.63. The van der Waals surface area contributed by atoms with Crippen LogP contribution in [0.3, 0.4) is 0 Å². The summed E-state index contributed by atoms with van der Waals surface area (Å²) in [5.74, 6) is 0. The lowest BCUT2D eigenvalue weighted by molar-refractivity contribution is 1.04. The fourth-order valence-corrected chi connectivity index (χ4v) is 0.945. The summed E-state index contributed by atoms with van der Waals surface area (Å²) in [6, 6.07) is 0. The minimum Gasteiger partial charge on any atom is -0.0879 e. The number of allylic oxidation sites excluding steroid dienone is 8. The summed E-state index contributed by atoms with van der Waals surface area (Å²) in [4.78, 5) is 0. The van der Waals surface area contributed by atoms with E-state index in [1.807, 2.05) is 0 Å². The van der Waals surface area contributed by atoms with Gasteiger partial charge < -0.3 is 0 Å². The van der Waals surface area contributed by atoms with Gasteiger partial charge in [0.25, 0.3) is 0 Å². The van der Waals surface area contributed by atoms with E-state index in [9.17, 15) is 0 Å². The van der Waals surface area contributed by atoms with Crippen molar-refractivity contribution in [2.75, 3.05) is 0 Å². The van der Waals surface area contributed by atoms with E-state index in [-0.39, 0.29) is 0 Å². The molecule has 0 fully saturated rings. The van der Waals surface area contributed by atoms with Gasteiger partial charge in [-0.3, -0.25) is 0 Å². The zero-order valence-electron chi connectivity index (χ0n) is 6.74. The van der Waals surface area contributed by atoms with Gasteiger partial charge in [0, 0.05) is 0 Å². The summed E-state index contributed by atoms with van der Waals surface area (Å²) in [5, 5.41) is 0. The summed E-state index contributed by atoms with van der Waals surface area (Å²) < 4.78 is 0. The monoisotopic (exact) mass is 146 g/mol. The van der Waals surface area contributed by atoms with Crippen molar-refractivity contribution in [1.82, 2.24) is 0 Å². The molecule has 58 valence electrons. The van der Waals surface area contributed by atoms with Gasteiger partial charge in [0.05, 0.1) is 0 Å². The van der Waals surface area contributed by atoms with Crippen molar-refractivity contribution in [3.63, 3.8) is 0 Å². The maximum atomic E-state index is 2.24. The van der Waals surface area contributed by atoms with Crippen LogP contribution in [0.5, 0.6) is 0 Å². The minimum absolute atomic E-state index is 1.06. The SMILES string of the molecule is C1=C/C=C/CC/C=C/CC=C1. The van der Waals surface area contributed by atoms with E-state index in [1.54, 1.807) is 0 Å². The molecule has 0 saturated heterocycles. The van der Waals surface area contributed by atoms with Gasteiger partial charge in [-0.05, 0) is 19.3 Å². The molecule has 11 heavy (non-hydrogen) atoms. The molecule has 0 heterocycles. The third-order valence-electron chi connectivity index (χ3n) is 1.54. The van der Waals surface area contributed by atoms with Crippen molar-refractivity contribution in [3.8, 4) is 0 Å². The second-order valence-corrected chi connectivity index (χ2v) is 2.53. The van der Waals surface area contributed by atoms with Crippen LogP contribution in [0.1, 0.15) is 19.3 Å². The summed E-state index contributed by atoms with van der Waals surface area (Å²) in [6.07, 6.45) is 20.5. The van der Waals surface area contributed by atoms with Crippen LogP contribution in [-0.2, 0) is 0 Å². The molecule has 0 aliphatic heterocycles. The molecule has 1 aliphatic carbocycles. The second kappa shape index (κ2) is 5.72. The fraction of sp³-hybridized carbons (Fsp3) is 0.273. The zero-order chi connectivity index (χ0) is 7.78. The fourth-order valence-electron chi connectivity index (χ4n) is 0.945. The standard InChI is InChI=1S/C11H14/c1-2-4-6-8-10-11-9-7-5-3-1/h1-6,9,11H,7-8,10H2/b2-1?,5-3?,6-4+,11-9+. The molecule has 0 unspecified atom stereocenters. The zero-order valence-corrected chi connectivity index (χ0v) is 6.74. The molecule has 0 aromatic heterocycles. The van der Waals surface area contributed by atoms with Crippen molar-refractivity contribution in [2.45, 2.75) is 19.3 Å². The summed E-state index contributed by atoms with van der Waals surface area (Å²) >= 11 is 0. The van der Waals surface area contributed by atoms with Gasteiger partial charge in [0.2, 0.25) is 0 Å². The minimum atomic E-state index is 1.06. The summed E-state index contributed by atoms with van der Waals surface area (Å²) in [5.41, 5.74) is 0. The van der Waals surface area contributed by atoms with Crippen molar-refractivity contribution < 1.29 is 0 Å². The first-order valence-corrected chi connectivity index (χ1v) is 4.13. The normalized spacial score (nSPS) is 24.0. The van der Waals surface area contributed by atoms with Crippen LogP contribution in [0.4, 0.5) is 0 Å². The average Bonchev–Trinajstić information content (AvgIpc) is 2.08. The molecular weight excluding hydrogens is 132 g/mol. The Morgan fingerprint density at radius 1 is 0.545 bits per heavy atom. The predicted molar refractivity (Wildman–Crippen MR) is 50.4 cm³/mol. The van der Waals surface area contributed by atoms with E-state index in [0.717, 1.165) is 19.3 Å². The molecule has 0 saturated carbocycles. The smallest absolute Gasteiger partial charge is 0.0166 e. The van der Waals surface area contributed by atoms with Crippen LogP contribution in [-0.4, -0.2) is 0 Å². The van der Waals surface area contributed by atoms with Crippen LogP contribution in [0.25, 0.3) is 0 Å². The van der Waals surface area contributed by atoms with Gasteiger partial charge in [-0.1, -0.05) is 48.6 Å². The molecule has 1 rings (SSSR count). The van der Waals surface area contributed by atoms with Crippen LogP contribution in [0, 0.1) is 0 Å². The number of rotatable bonds is 0. The molecule has 0 nitrogen and oxygen atoms in total. The molecule has 0 atom stereocenters. The van der Waals surface area contributed by atoms with Crippen LogP contribution in [0.2, 0.25) is 0 Å². The quantitative estimate of drug-likeness (QED) is 0.459. The van der Waals surface area contributed by atoms with Crippen LogP contribution in [0.15, 0.2) is 48.6 Å². The molecule has 0 radical (unpaired) electrons. The van der Waals surface area contributed by atoms with E-state index in [1.165, 1.54) is 0 Å². The maximum absolute atomic E-state index is 2.24. The van der Waals surface area contributed by atoms with Gasteiger partial charge >= 0.3 is 0 Å². The van der Waals surface area contributed by atoms with Crippen LogP contribution < -0.4 is 0 Å². The molecule has 0 amide bonds. The van der Waals surface area contributed by atoms with Crippen molar-refractivity contribution >= 4 is 0 Å². The second-order valence-electron chi connectivity index (χ2n) is 2.53. The van der Waals surface area contributed by atoms with E-state index < -0.39 is 0 Å². The Kier molecular flexibility index (Phi) is 4.19. The highest BCUT2D eigenvalue weighted by atomic mass is 13.8. The van der Waals surface area contributed by atoms with Gasteiger partial charge in [0.15, 0.2) is 0 Å². The van der Waals surface area contributed by atoms with E-state index in [0.29, 0.717) is 0 Å². The van der Waals surface area contributed by atoms with Gasteiger partial charge in [0.1, 0.15) is 0 Å². The molecule has 0 aromatic carbocycles. The highest BCUT2D eigenvalue weighted by molar-refractivity contribution is 5.12. The third-order valence-corrected chi connectivity index (χ3v) is 1.54. The average molecular weight is 146 g/mol. The first-order chi connectivity index (χ1) is 5.50. The molecular formula is C11H14. The summed E-state index contributed by atoms with van der Waals surface area (Å²) in [6.45, 7) is 0. The van der Waals surface area contributed by atoms with Crippen molar-refractivity contribution in [1.29, 1.82) is 0 Å². The highest BCUT2D eigenvalue weighted by Crippen LogP contribution is 1.97. The molecule has 0 aromatic rings. The topological polar surface area (TPSA) is 0 Å². The maximum Gasteiger partial charge on any atom is -0.0166 e. The first-order valence-electron chi connectivity index (χ1n) is 4.13. The Balaban J connectivity index is 2.47. The van der Waals surface area contributed by atoms with Crippen molar-refractivity contribution in [3.05, 3.63) is 48.6 Å². The largest absolute Gasteiger partial charge is 0.0879 e. The molecule has 0 N–H and O–H groups in total. The van der Waals surface area contributed by atoms with E-state index in [2.05, 4.69) is 48.6 Å². The highest BCUT2D eigenvalue weighted by Gasteiger charge is 1.76. The molecule has 1 aliphatic rings. The Morgan fingerprint density at radius 2 is 1.27 bits per heavy atom. The molecule has 0 spiro atoms. The van der Waals surface area contributed by atoms with E-state index >= 15 is 0 Å². The number of hydrogen-bond donors (Lipinski definition) is 0. The summed E-state index contributed by atoms with van der Waals surface area (Å²) in [7, 11) is 0. The Hall–Kier alpha value is -1.04. The van der Waals surface area contributed by atoms with Crippen molar-refractivity contribution in [2.24, 2.45) is 0 Å². The van der Waals surface area contributed by atoms with Gasteiger partial charge in [-0.25, -0.2) is 0 Å². The first kappa shape index (κ1) is 8.06. The third kappa shape index (κ3) is 4.38. The van der Waals surface area contributed by atoms with Gasteiger partial charge in [-0.15, -0.1) is 0 Å². The van der Waals surface area contributed by atoms with Crippen LogP contribution >= 0.6 is 0 Å². The molecule has 0 bridgehead atoms. The Bertz CT molecular complexity index is 192.